The number of alkyl halides is 1. The van der Waals surface area contributed by atoms with Crippen molar-refractivity contribution in [1.29, 1.82) is 0 Å². The molecule has 16 heavy (non-hydrogen) atoms. The number of halogens is 2. The maximum atomic E-state index is 14.2. The highest BCUT2D eigenvalue weighted by Gasteiger charge is 2.29. The van der Waals surface area contributed by atoms with E-state index in [1.165, 1.54) is 6.92 Å². The Morgan fingerprint density at radius 2 is 2.00 bits per heavy atom. The zero-order chi connectivity index (χ0) is 12.2. The maximum Gasteiger partial charge on any atom is 0.309 e. The van der Waals surface area contributed by atoms with Gasteiger partial charge in [-0.1, -0.05) is 23.7 Å². The molecule has 0 aliphatic rings. The summed E-state index contributed by atoms with van der Waals surface area (Å²) in [6.45, 7) is 3.30. The Labute approximate surface area is 99.4 Å². The number of carbonyl (C=O) groups is 1. The van der Waals surface area contributed by atoms with Gasteiger partial charge >= 0.3 is 5.97 Å². The summed E-state index contributed by atoms with van der Waals surface area (Å²) in [5, 5.41) is 0.538. The molecule has 2 nitrogen and oxygen atoms in total. The number of rotatable bonds is 4. The minimum Gasteiger partial charge on any atom is -0.466 e. The molecular formula is C12H14ClFO2. The van der Waals surface area contributed by atoms with Crippen LogP contribution in [0.25, 0.3) is 0 Å². The standard InChI is InChI=1S/C12H14ClFO2/c1-3-16-11(15)8-12(2,14)9-4-6-10(13)7-5-9/h4-7H,3,8H2,1-2H3/t12-/m0/s1. The maximum absolute atomic E-state index is 14.2. The van der Waals surface area contributed by atoms with Crippen molar-refractivity contribution in [3.05, 3.63) is 34.9 Å². The lowest BCUT2D eigenvalue weighted by molar-refractivity contribution is -0.146. The molecule has 0 aliphatic heterocycles. The lowest BCUT2D eigenvalue weighted by atomic mass is 9.94. The number of hydrogen-bond donors (Lipinski definition) is 0. The first-order valence-corrected chi connectivity index (χ1v) is 5.44. The first kappa shape index (κ1) is 13.0. The summed E-state index contributed by atoms with van der Waals surface area (Å²) in [7, 11) is 0. The lowest BCUT2D eigenvalue weighted by Crippen LogP contribution is -2.21. The third-order valence-electron chi connectivity index (χ3n) is 2.23. The summed E-state index contributed by atoms with van der Waals surface area (Å²) in [5.41, 5.74) is -1.30. The molecule has 4 heteroatoms. The summed E-state index contributed by atoms with van der Waals surface area (Å²) in [6.07, 6.45) is -0.289. The van der Waals surface area contributed by atoms with Crippen LogP contribution in [0, 0.1) is 0 Å². The van der Waals surface area contributed by atoms with Gasteiger partial charge in [-0.25, -0.2) is 4.39 Å². The van der Waals surface area contributed by atoms with E-state index in [1.807, 2.05) is 0 Å². The predicted octanol–water partition coefficient (Wildman–Crippen LogP) is 3.48. The zero-order valence-electron chi connectivity index (χ0n) is 9.30. The van der Waals surface area contributed by atoms with Crippen molar-refractivity contribution in [3.63, 3.8) is 0 Å². The number of esters is 1. The summed E-state index contributed by atoms with van der Waals surface area (Å²) < 4.78 is 18.9. The van der Waals surface area contributed by atoms with Gasteiger partial charge in [0.1, 0.15) is 5.67 Å². The summed E-state index contributed by atoms with van der Waals surface area (Å²) in [5.74, 6) is -0.539. The number of benzene rings is 1. The average Bonchev–Trinajstić information content (AvgIpc) is 2.17. The Bertz CT molecular complexity index is 360. The van der Waals surface area contributed by atoms with Crippen molar-refractivity contribution in [2.75, 3.05) is 6.61 Å². The van der Waals surface area contributed by atoms with Crippen LogP contribution in [0.1, 0.15) is 25.8 Å². The third kappa shape index (κ3) is 3.49. The smallest absolute Gasteiger partial charge is 0.309 e. The van der Waals surface area contributed by atoms with E-state index in [9.17, 15) is 9.18 Å². The lowest BCUT2D eigenvalue weighted by Gasteiger charge is -2.19. The second-order valence-corrected chi connectivity index (χ2v) is 4.12. The van der Waals surface area contributed by atoms with E-state index in [0.717, 1.165) is 0 Å². The highest BCUT2D eigenvalue weighted by molar-refractivity contribution is 6.30. The van der Waals surface area contributed by atoms with Gasteiger partial charge in [0.15, 0.2) is 0 Å². The molecule has 0 N–H and O–H groups in total. The third-order valence-corrected chi connectivity index (χ3v) is 2.48. The molecule has 0 amide bonds. The number of ether oxygens (including phenoxy) is 1. The van der Waals surface area contributed by atoms with Gasteiger partial charge in [0.2, 0.25) is 0 Å². The van der Waals surface area contributed by atoms with E-state index in [1.54, 1.807) is 31.2 Å². The van der Waals surface area contributed by atoms with Gasteiger partial charge < -0.3 is 4.74 Å². The SMILES string of the molecule is CCOC(=O)C[C@](C)(F)c1ccc(Cl)cc1. The van der Waals surface area contributed by atoms with Gasteiger partial charge in [0, 0.05) is 5.02 Å². The van der Waals surface area contributed by atoms with Crippen LogP contribution in [0.3, 0.4) is 0 Å². The zero-order valence-corrected chi connectivity index (χ0v) is 10.1. The molecule has 1 atom stereocenters. The van der Waals surface area contributed by atoms with Gasteiger partial charge in [-0.3, -0.25) is 4.79 Å². The van der Waals surface area contributed by atoms with Crippen LogP contribution < -0.4 is 0 Å². The molecule has 0 spiro atoms. The van der Waals surface area contributed by atoms with Gasteiger partial charge in [-0.15, -0.1) is 0 Å². The van der Waals surface area contributed by atoms with E-state index in [-0.39, 0.29) is 13.0 Å². The summed E-state index contributed by atoms with van der Waals surface area (Å²) >= 11 is 5.70. The van der Waals surface area contributed by atoms with Crippen LogP contribution in [0.4, 0.5) is 4.39 Å². The quantitative estimate of drug-likeness (QED) is 0.758. The van der Waals surface area contributed by atoms with Gasteiger partial charge in [0.25, 0.3) is 0 Å². The minimum atomic E-state index is -1.73. The summed E-state index contributed by atoms with van der Waals surface area (Å²) in [6, 6.07) is 6.34. The first-order valence-electron chi connectivity index (χ1n) is 5.06. The van der Waals surface area contributed by atoms with Crippen LogP contribution in [0.5, 0.6) is 0 Å². The van der Waals surface area contributed by atoms with Gasteiger partial charge in [-0.2, -0.15) is 0 Å². The van der Waals surface area contributed by atoms with Gasteiger partial charge in [0.05, 0.1) is 13.0 Å². The van der Waals surface area contributed by atoms with Crippen LogP contribution in [-0.2, 0) is 15.2 Å². The Morgan fingerprint density at radius 3 is 2.50 bits per heavy atom. The molecule has 0 saturated carbocycles. The fraction of sp³-hybridized carbons (Fsp3) is 0.417. The molecule has 88 valence electrons. The Balaban J connectivity index is 2.76. The normalized spacial score (nSPS) is 14.2. The highest BCUT2D eigenvalue weighted by Crippen LogP contribution is 2.30. The van der Waals surface area contributed by atoms with Crippen molar-refractivity contribution in [2.45, 2.75) is 25.9 Å². The van der Waals surface area contributed by atoms with Crippen molar-refractivity contribution in [1.82, 2.24) is 0 Å². The topological polar surface area (TPSA) is 26.3 Å². The van der Waals surface area contributed by atoms with Crippen molar-refractivity contribution < 1.29 is 13.9 Å². The second kappa shape index (κ2) is 5.30. The average molecular weight is 245 g/mol. The molecular weight excluding hydrogens is 231 g/mol. The van der Waals surface area contributed by atoms with E-state index in [2.05, 4.69) is 0 Å². The Kier molecular flexibility index (Phi) is 4.30. The number of hydrogen-bond acceptors (Lipinski definition) is 2. The van der Waals surface area contributed by atoms with Crippen molar-refractivity contribution in [2.24, 2.45) is 0 Å². The van der Waals surface area contributed by atoms with Crippen molar-refractivity contribution in [3.8, 4) is 0 Å². The van der Waals surface area contributed by atoms with E-state index in [0.29, 0.717) is 10.6 Å². The Hall–Kier alpha value is -1.09. The van der Waals surface area contributed by atoms with E-state index in [4.69, 9.17) is 16.3 Å². The van der Waals surface area contributed by atoms with E-state index < -0.39 is 11.6 Å². The molecule has 1 rings (SSSR count). The molecule has 1 aromatic carbocycles. The molecule has 1 aromatic rings. The largest absolute Gasteiger partial charge is 0.466 e. The molecule has 0 radical (unpaired) electrons. The molecule has 0 aliphatic carbocycles. The first-order chi connectivity index (χ1) is 7.45. The Morgan fingerprint density at radius 1 is 1.44 bits per heavy atom. The van der Waals surface area contributed by atoms with Crippen molar-refractivity contribution >= 4 is 17.6 Å². The highest BCUT2D eigenvalue weighted by atomic mass is 35.5. The minimum absolute atomic E-state index is 0.259. The van der Waals surface area contributed by atoms with Gasteiger partial charge in [-0.05, 0) is 31.5 Å². The molecule has 0 bridgehead atoms. The predicted molar refractivity (Wildman–Crippen MR) is 61.2 cm³/mol. The fourth-order valence-corrected chi connectivity index (χ4v) is 1.51. The fourth-order valence-electron chi connectivity index (χ4n) is 1.38. The van der Waals surface area contributed by atoms with Crippen LogP contribution >= 0.6 is 11.6 Å². The molecule has 0 unspecified atom stereocenters. The molecule has 0 aromatic heterocycles. The molecule has 0 saturated heterocycles. The van der Waals surface area contributed by atoms with Crippen LogP contribution in [0.2, 0.25) is 5.02 Å². The molecule has 0 fully saturated rings. The monoisotopic (exact) mass is 244 g/mol. The number of carbonyl (C=O) groups excluding carboxylic acids is 1. The van der Waals surface area contributed by atoms with Crippen LogP contribution in [-0.4, -0.2) is 12.6 Å². The second-order valence-electron chi connectivity index (χ2n) is 3.69. The van der Waals surface area contributed by atoms with E-state index >= 15 is 0 Å². The summed E-state index contributed by atoms with van der Waals surface area (Å²) in [4.78, 5) is 11.2. The van der Waals surface area contributed by atoms with Crippen LogP contribution in [0.15, 0.2) is 24.3 Å². The molecule has 0 heterocycles.